The van der Waals surface area contributed by atoms with Gasteiger partial charge in [0.2, 0.25) is 0 Å². The first kappa shape index (κ1) is 20.2. The van der Waals surface area contributed by atoms with Crippen molar-refractivity contribution >= 4 is 5.97 Å². The van der Waals surface area contributed by atoms with E-state index in [-0.39, 0.29) is 0 Å². The predicted molar refractivity (Wildman–Crippen MR) is 109 cm³/mol. The van der Waals surface area contributed by atoms with Crippen LogP contribution in [0.25, 0.3) is 11.1 Å². The number of aliphatic carboxylic acids is 1. The van der Waals surface area contributed by atoms with E-state index in [1.54, 1.807) is 14.2 Å². The van der Waals surface area contributed by atoms with Crippen molar-refractivity contribution in [2.45, 2.75) is 31.8 Å². The highest BCUT2D eigenvalue weighted by Crippen LogP contribution is 2.40. The number of benzene rings is 2. The lowest BCUT2D eigenvalue weighted by atomic mass is 9.98. The summed E-state index contributed by atoms with van der Waals surface area (Å²) < 4.78 is 11.4. The fourth-order valence-corrected chi connectivity index (χ4v) is 3.69. The fourth-order valence-electron chi connectivity index (χ4n) is 3.69. The summed E-state index contributed by atoms with van der Waals surface area (Å²) in [4.78, 5) is 13.4. The molecule has 0 aliphatic carbocycles. The van der Waals surface area contributed by atoms with E-state index in [1.165, 1.54) is 18.4 Å². The van der Waals surface area contributed by atoms with Gasteiger partial charge in [-0.1, -0.05) is 24.3 Å². The summed E-state index contributed by atoms with van der Waals surface area (Å²) in [5, 5.41) is 8.98. The maximum atomic E-state index is 11.0. The highest BCUT2D eigenvalue weighted by atomic mass is 16.5. The van der Waals surface area contributed by atoms with Gasteiger partial charge in [-0.2, -0.15) is 0 Å². The van der Waals surface area contributed by atoms with Crippen molar-refractivity contribution in [2.24, 2.45) is 5.73 Å². The summed E-state index contributed by atoms with van der Waals surface area (Å²) >= 11 is 0. The molecule has 1 heterocycles. The summed E-state index contributed by atoms with van der Waals surface area (Å²) in [5.41, 5.74) is 9.52. The molecule has 2 aromatic rings. The van der Waals surface area contributed by atoms with Crippen LogP contribution in [0, 0.1) is 0 Å². The van der Waals surface area contributed by atoms with Crippen molar-refractivity contribution in [1.82, 2.24) is 4.90 Å². The monoisotopic (exact) mass is 384 g/mol. The van der Waals surface area contributed by atoms with Gasteiger partial charge < -0.3 is 20.3 Å². The molecule has 0 spiro atoms. The molecule has 1 atom stereocenters. The van der Waals surface area contributed by atoms with E-state index in [0.29, 0.717) is 6.42 Å². The summed E-state index contributed by atoms with van der Waals surface area (Å²) in [7, 11) is 3.33. The highest BCUT2D eigenvalue weighted by Gasteiger charge is 2.18. The lowest BCUT2D eigenvalue weighted by Crippen LogP contribution is -2.32. The first-order valence-electron chi connectivity index (χ1n) is 9.56. The second-order valence-corrected chi connectivity index (χ2v) is 7.20. The third-order valence-corrected chi connectivity index (χ3v) is 5.19. The molecule has 0 unspecified atom stereocenters. The predicted octanol–water partition coefficient (Wildman–Crippen LogP) is 2.92. The van der Waals surface area contributed by atoms with Gasteiger partial charge in [0.15, 0.2) is 0 Å². The van der Waals surface area contributed by atoms with Crippen molar-refractivity contribution in [3.63, 3.8) is 0 Å². The maximum absolute atomic E-state index is 11.0. The third-order valence-electron chi connectivity index (χ3n) is 5.19. The average Bonchev–Trinajstić information content (AvgIpc) is 3.20. The normalized spacial score (nSPS) is 15.4. The maximum Gasteiger partial charge on any atom is 0.320 e. The van der Waals surface area contributed by atoms with E-state index in [4.69, 9.17) is 20.3 Å². The number of carboxylic acids is 1. The molecule has 6 nitrogen and oxygen atoms in total. The van der Waals surface area contributed by atoms with E-state index < -0.39 is 12.0 Å². The van der Waals surface area contributed by atoms with Gasteiger partial charge in [0.25, 0.3) is 0 Å². The van der Waals surface area contributed by atoms with Crippen molar-refractivity contribution in [3.05, 3.63) is 47.5 Å². The minimum absolute atomic E-state index is 0.290. The summed E-state index contributed by atoms with van der Waals surface area (Å²) in [6.07, 6.45) is 2.80. The van der Waals surface area contributed by atoms with E-state index >= 15 is 0 Å². The molecule has 3 rings (SSSR count). The summed E-state index contributed by atoms with van der Waals surface area (Å²) in [6.45, 7) is 3.15. The Morgan fingerprint density at radius 2 is 1.64 bits per heavy atom. The molecule has 0 bridgehead atoms. The molecule has 28 heavy (non-hydrogen) atoms. The van der Waals surface area contributed by atoms with Crippen molar-refractivity contribution in [2.75, 3.05) is 27.3 Å². The number of nitrogens with zero attached hydrogens (tertiary/aromatic N) is 1. The van der Waals surface area contributed by atoms with Gasteiger partial charge in [0.05, 0.1) is 19.8 Å². The largest absolute Gasteiger partial charge is 0.496 e. The molecule has 1 saturated heterocycles. The zero-order valence-electron chi connectivity index (χ0n) is 16.5. The number of rotatable bonds is 8. The van der Waals surface area contributed by atoms with E-state index in [1.807, 2.05) is 24.3 Å². The SMILES string of the molecule is COc1cc(CN2CCCC2)cc(OC)c1-c1ccc(C[C@H](N)C(=O)O)cc1. The number of likely N-dealkylation sites (tertiary alicyclic amines) is 1. The number of nitrogens with two attached hydrogens (primary N) is 1. The quantitative estimate of drug-likeness (QED) is 0.728. The molecule has 150 valence electrons. The van der Waals surface area contributed by atoms with Gasteiger partial charge in [0, 0.05) is 6.54 Å². The van der Waals surface area contributed by atoms with Gasteiger partial charge in [-0.05, 0) is 61.2 Å². The molecule has 2 aromatic carbocycles. The summed E-state index contributed by atoms with van der Waals surface area (Å²) in [6, 6.07) is 10.9. The van der Waals surface area contributed by atoms with Crippen LogP contribution in [0.2, 0.25) is 0 Å². The van der Waals surface area contributed by atoms with E-state index in [2.05, 4.69) is 17.0 Å². The van der Waals surface area contributed by atoms with Crippen LogP contribution in [-0.2, 0) is 17.8 Å². The minimum atomic E-state index is -0.999. The fraction of sp³-hybridized carbons (Fsp3) is 0.409. The Hall–Kier alpha value is -2.57. The zero-order chi connectivity index (χ0) is 20.1. The van der Waals surface area contributed by atoms with Crippen molar-refractivity contribution in [3.8, 4) is 22.6 Å². The average molecular weight is 384 g/mol. The second kappa shape index (κ2) is 9.08. The first-order chi connectivity index (χ1) is 13.5. The van der Waals surface area contributed by atoms with E-state index in [9.17, 15) is 4.79 Å². The van der Waals surface area contributed by atoms with Crippen LogP contribution in [0.3, 0.4) is 0 Å². The molecule has 1 aliphatic heterocycles. The van der Waals surface area contributed by atoms with Gasteiger partial charge in [-0.3, -0.25) is 9.69 Å². The topological polar surface area (TPSA) is 85.0 Å². The standard InChI is InChI=1S/C22H28N2O4/c1-27-19-12-16(14-24-9-3-4-10-24)13-20(28-2)21(19)17-7-5-15(6-8-17)11-18(23)22(25)26/h5-8,12-13,18H,3-4,9-11,14,23H2,1-2H3,(H,25,26)/t18-/m0/s1. The number of hydrogen-bond donors (Lipinski definition) is 2. The number of ether oxygens (including phenoxy) is 2. The molecular formula is C22H28N2O4. The molecule has 6 heteroatoms. The van der Waals surface area contributed by atoms with Crippen LogP contribution in [0.15, 0.2) is 36.4 Å². The number of carbonyl (C=O) groups is 1. The van der Waals surface area contributed by atoms with Gasteiger partial charge >= 0.3 is 5.97 Å². The number of carboxylic acid groups (broad SMARTS) is 1. The number of hydrogen-bond acceptors (Lipinski definition) is 5. The molecule has 0 radical (unpaired) electrons. The lowest BCUT2D eigenvalue weighted by Gasteiger charge is -2.19. The Kier molecular flexibility index (Phi) is 6.54. The van der Waals surface area contributed by atoms with Gasteiger partial charge in [-0.25, -0.2) is 0 Å². The Morgan fingerprint density at radius 1 is 1.07 bits per heavy atom. The van der Waals surface area contributed by atoms with Crippen LogP contribution in [0.1, 0.15) is 24.0 Å². The van der Waals surface area contributed by atoms with Crippen LogP contribution in [-0.4, -0.2) is 49.3 Å². The Labute approximate surface area is 165 Å². The van der Waals surface area contributed by atoms with Crippen LogP contribution in [0.5, 0.6) is 11.5 Å². The third kappa shape index (κ3) is 4.64. The minimum Gasteiger partial charge on any atom is -0.496 e. The van der Waals surface area contributed by atoms with Crippen LogP contribution in [0.4, 0.5) is 0 Å². The lowest BCUT2D eigenvalue weighted by molar-refractivity contribution is -0.138. The molecule has 0 amide bonds. The Bertz CT molecular complexity index is 789. The Balaban J connectivity index is 1.88. The Morgan fingerprint density at radius 3 is 2.14 bits per heavy atom. The molecule has 0 aromatic heterocycles. The molecule has 3 N–H and O–H groups in total. The van der Waals surface area contributed by atoms with E-state index in [0.717, 1.165) is 47.8 Å². The van der Waals surface area contributed by atoms with Crippen LogP contribution >= 0.6 is 0 Å². The van der Waals surface area contributed by atoms with Crippen molar-refractivity contribution in [1.29, 1.82) is 0 Å². The van der Waals surface area contributed by atoms with Gasteiger partial charge in [0.1, 0.15) is 17.5 Å². The van der Waals surface area contributed by atoms with Crippen molar-refractivity contribution < 1.29 is 19.4 Å². The summed E-state index contributed by atoms with van der Waals surface area (Å²) in [5.74, 6) is 0.535. The highest BCUT2D eigenvalue weighted by molar-refractivity contribution is 5.78. The van der Waals surface area contributed by atoms with Gasteiger partial charge in [-0.15, -0.1) is 0 Å². The van der Waals surface area contributed by atoms with Crippen LogP contribution < -0.4 is 15.2 Å². The zero-order valence-corrected chi connectivity index (χ0v) is 16.5. The molecule has 1 fully saturated rings. The second-order valence-electron chi connectivity index (χ2n) is 7.20. The molecular weight excluding hydrogens is 356 g/mol. The first-order valence-corrected chi connectivity index (χ1v) is 9.56. The molecule has 1 aliphatic rings. The molecule has 0 saturated carbocycles. The smallest absolute Gasteiger partial charge is 0.320 e. The number of methoxy groups -OCH3 is 2.